The van der Waals surface area contributed by atoms with Crippen LogP contribution >= 0.6 is 0 Å². The van der Waals surface area contributed by atoms with Crippen LogP contribution in [-0.4, -0.2) is 23.9 Å². The second kappa shape index (κ2) is 11.1. The topological polar surface area (TPSA) is 33.2 Å². The Morgan fingerprint density at radius 2 is 1.73 bits per heavy atom. The van der Waals surface area contributed by atoms with Gasteiger partial charge in [0.15, 0.2) is 0 Å². The van der Waals surface area contributed by atoms with Crippen molar-refractivity contribution in [3.05, 3.63) is 65.4 Å². The summed E-state index contributed by atoms with van der Waals surface area (Å²) in [4.78, 5) is 20.2. The molecule has 4 rings (SSSR count). The lowest BCUT2D eigenvalue weighted by atomic mass is 9.70. The van der Waals surface area contributed by atoms with Gasteiger partial charge < -0.3 is 4.90 Å². The molecular formula is C30H40N2O. The average Bonchev–Trinajstić information content (AvgIpc) is 2.86. The summed E-state index contributed by atoms with van der Waals surface area (Å²) in [5.41, 5.74) is 3.34. The zero-order valence-corrected chi connectivity index (χ0v) is 20.6. The minimum Gasteiger partial charge on any atom is -0.357 e. The number of ketones is 1. The highest BCUT2D eigenvalue weighted by Crippen LogP contribution is 2.38. The molecule has 33 heavy (non-hydrogen) atoms. The maximum atomic E-state index is 12.7. The van der Waals surface area contributed by atoms with E-state index in [0.29, 0.717) is 5.92 Å². The molecule has 2 aliphatic rings. The number of hydrogen-bond acceptors (Lipinski definition) is 3. The van der Waals surface area contributed by atoms with Crippen LogP contribution in [0.15, 0.2) is 48.5 Å². The van der Waals surface area contributed by atoms with Gasteiger partial charge in [0.05, 0.1) is 11.1 Å². The lowest BCUT2D eigenvalue weighted by Crippen LogP contribution is -2.47. The molecule has 0 radical (unpaired) electrons. The van der Waals surface area contributed by atoms with E-state index in [1.807, 2.05) is 18.2 Å². The first-order valence-electron chi connectivity index (χ1n) is 13.1. The standard InChI is InChI=1S/C30H40N2O/c1-3-4-5-6-7-9-12-25-15-16-26-17-18-29(31-28(26)23-25)32-21-19-30(20-22-32,24(2)33)27-13-10-8-11-14-27/h8,10-11,13-18,25H,3-7,9,12,19-23H2,1-2H3. The summed E-state index contributed by atoms with van der Waals surface area (Å²) in [5.74, 6) is 1.98. The molecule has 176 valence electrons. The zero-order chi connectivity index (χ0) is 23.1. The number of carbonyl (C=O) groups excluding carboxylic acids is 1. The van der Waals surface area contributed by atoms with Crippen LogP contribution in [-0.2, 0) is 16.6 Å². The van der Waals surface area contributed by atoms with E-state index in [1.165, 1.54) is 61.8 Å². The van der Waals surface area contributed by atoms with Gasteiger partial charge in [0.2, 0.25) is 0 Å². The SMILES string of the molecule is CCCCCCCCC1C=Cc2ccc(N3CCC(C(C)=O)(c4ccccc4)CC3)nc2C1. The summed E-state index contributed by atoms with van der Waals surface area (Å²) in [5, 5.41) is 0. The van der Waals surface area contributed by atoms with Gasteiger partial charge in [0.1, 0.15) is 11.6 Å². The van der Waals surface area contributed by atoms with Gasteiger partial charge in [-0.15, -0.1) is 0 Å². The highest BCUT2D eigenvalue weighted by Gasteiger charge is 2.40. The van der Waals surface area contributed by atoms with Crippen LogP contribution in [0.4, 0.5) is 5.82 Å². The van der Waals surface area contributed by atoms with Crippen LogP contribution in [0.3, 0.4) is 0 Å². The van der Waals surface area contributed by atoms with Gasteiger partial charge in [-0.25, -0.2) is 4.98 Å². The number of fused-ring (bicyclic) bond motifs is 1. The number of aromatic nitrogens is 1. The molecule has 1 fully saturated rings. The van der Waals surface area contributed by atoms with Crippen molar-refractivity contribution in [3.8, 4) is 0 Å². The monoisotopic (exact) mass is 444 g/mol. The Kier molecular flexibility index (Phi) is 8.01. The van der Waals surface area contributed by atoms with E-state index in [0.717, 1.165) is 38.2 Å². The number of rotatable bonds is 10. The molecule has 0 saturated carbocycles. The van der Waals surface area contributed by atoms with Gasteiger partial charge in [0, 0.05) is 13.1 Å². The molecule has 0 bridgehead atoms. The van der Waals surface area contributed by atoms with Gasteiger partial charge >= 0.3 is 0 Å². The van der Waals surface area contributed by atoms with Crippen LogP contribution < -0.4 is 4.90 Å². The fraction of sp³-hybridized carbons (Fsp3) is 0.533. The molecule has 1 unspecified atom stereocenters. The molecule has 2 aromatic rings. The van der Waals surface area contributed by atoms with Crippen molar-refractivity contribution < 1.29 is 4.79 Å². The molecule has 2 heterocycles. The van der Waals surface area contributed by atoms with E-state index in [1.54, 1.807) is 6.92 Å². The van der Waals surface area contributed by atoms with E-state index in [2.05, 4.69) is 48.2 Å². The Balaban J connectivity index is 1.36. The third kappa shape index (κ3) is 5.57. The van der Waals surface area contributed by atoms with E-state index in [9.17, 15) is 4.79 Å². The largest absolute Gasteiger partial charge is 0.357 e. The normalized spacial score (nSPS) is 19.3. The molecule has 1 saturated heterocycles. The number of anilines is 1. The van der Waals surface area contributed by atoms with Crippen LogP contribution in [0, 0.1) is 5.92 Å². The van der Waals surface area contributed by atoms with Crippen LogP contribution in [0.1, 0.15) is 88.5 Å². The maximum Gasteiger partial charge on any atom is 0.140 e. The van der Waals surface area contributed by atoms with Crippen molar-refractivity contribution in [2.24, 2.45) is 5.92 Å². The molecule has 3 heteroatoms. The van der Waals surface area contributed by atoms with E-state index < -0.39 is 0 Å². The second-order valence-corrected chi connectivity index (χ2v) is 10.1. The second-order valence-electron chi connectivity index (χ2n) is 10.1. The number of allylic oxidation sites excluding steroid dienone is 1. The Hall–Kier alpha value is -2.42. The Labute approximate surface area is 200 Å². The number of benzene rings is 1. The average molecular weight is 445 g/mol. The molecule has 1 aromatic heterocycles. The molecule has 0 spiro atoms. The molecule has 1 aliphatic heterocycles. The molecule has 1 atom stereocenters. The first-order chi connectivity index (χ1) is 16.1. The molecule has 0 amide bonds. The summed E-state index contributed by atoms with van der Waals surface area (Å²) in [6.07, 6.45) is 16.9. The van der Waals surface area contributed by atoms with Gasteiger partial charge in [-0.2, -0.15) is 0 Å². The molecule has 1 aliphatic carbocycles. The Bertz CT molecular complexity index is 941. The molecular weight excluding hydrogens is 404 g/mol. The third-order valence-corrected chi connectivity index (χ3v) is 7.87. The van der Waals surface area contributed by atoms with Crippen molar-refractivity contribution in [2.45, 2.75) is 83.5 Å². The van der Waals surface area contributed by atoms with Crippen molar-refractivity contribution in [1.29, 1.82) is 0 Å². The predicted octanol–water partition coefficient (Wildman–Crippen LogP) is 7.14. The van der Waals surface area contributed by atoms with Gasteiger partial charge in [0.25, 0.3) is 0 Å². The lowest BCUT2D eigenvalue weighted by Gasteiger charge is -2.41. The fourth-order valence-corrected chi connectivity index (χ4v) is 5.65. The highest BCUT2D eigenvalue weighted by atomic mass is 16.1. The van der Waals surface area contributed by atoms with Crippen LogP contribution in [0.5, 0.6) is 0 Å². The Morgan fingerprint density at radius 1 is 1.00 bits per heavy atom. The summed E-state index contributed by atoms with van der Waals surface area (Å²) in [6, 6.07) is 14.8. The summed E-state index contributed by atoms with van der Waals surface area (Å²) < 4.78 is 0. The minimum absolute atomic E-state index is 0.287. The number of nitrogens with zero attached hydrogens (tertiary/aromatic N) is 2. The van der Waals surface area contributed by atoms with Crippen LogP contribution in [0.2, 0.25) is 0 Å². The third-order valence-electron chi connectivity index (χ3n) is 7.87. The van der Waals surface area contributed by atoms with E-state index in [4.69, 9.17) is 4.98 Å². The number of pyridine rings is 1. The summed E-state index contributed by atoms with van der Waals surface area (Å²) in [7, 11) is 0. The smallest absolute Gasteiger partial charge is 0.140 e. The fourth-order valence-electron chi connectivity index (χ4n) is 5.65. The maximum absolute atomic E-state index is 12.7. The predicted molar refractivity (Wildman–Crippen MR) is 139 cm³/mol. The van der Waals surface area contributed by atoms with Crippen molar-refractivity contribution in [2.75, 3.05) is 18.0 Å². The number of carbonyl (C=O) groups is 1. The highest BCUT2D eigenvalue weighted by molar-refractivity contribution is 5.88. The van der Waals surface area contributed by atoms with Crippen molar-refractivity contribution in [1.82, 2.24) is 4.98 Å². The minimum atomic E-state index is -0.350. The van der Waals surface area contributed by atoms with E-state index in [-0.39, 0.29) is 11.2 Å². The lowest BCUT2D eigenvalue weighted by molar-refractivity contribution is -0.123. The van der Waals surface area contributed by atoms with Gasteiger partial charge in [-0.05, 0) is 61.8 Å². The number of hydrogen-bond donors (Lipinski definition) is 0. The van der Waals surface area contributed by atoms with E-state index >= 15 is 0 Å². The molecule has 0 N–H and O–H groups in total. The summed E-state index contributed by atoms with van der Waals surface area (Å²) in [6.45, 7) is 5.78. The summed E-state index contributed by atoms with van der Waals surface area (Å²) >= 11 is 0. The van der Waals surface area contributed by atoms with Gasteiger partial charge in [-0.1, -0.05) is 87.9 Å². The number of unbranched alkanes of at least 4 members (excludes halogenated alkanes) is 5. The molecule has 3 nitrogen and oxygen atoms in total. The Morgan fingerprint density at radius 3 is 2.45 bits per heavy atom. The number of piperidine rings is 1. The quantitative estimate of drug-likeness (QED) is 0.365. The van der Waals surface area contributed by atoms with Gasteiger partial charge in [-0.3, -0.25) is 4.79 Å². The first-order valence-corrected chi connectivity index (χ1v) is 13.1. The zero-order valence-electron chi connectivity index (χ0n) is 20.6. The number of Topliss-reactive ketones (excluding diaryl/α,β-unsaturated/α-hetero) is 1. The first kappa shape index (κ1) is 23.7. The van der Waals surface area contributed by atoms with Crippen molar-refractivity contribution >= 4 is 17.7 Å². The van der Waals surface area contributed by atoms with Crippen molar-refractivity contribution in [3.63, 3.8) is 0 Å². The van der Waals surface area contributed by atoms with Crippen LogP contribution in [0.25, 0.3) is 6.08 Å². The molecule has 1 aromatic carbocycles.